The average Bonchev–Trinajstić information content (AvgIpc) is 2.44. The molecular formula is C16H18ClNO3. The maximum absolute atomic E-state index is 11.3. The van der Waals surface area contributed by atoms with Crippen LogP contribution >= 0.6 is 11.6 Å². The first-order valence-electron chi connectivity index (χ1n) is 6.76. The highest BCUT2D eigenvalue weighted by atomic mass is 35.5. The molecule has 0 fully saturated rings. The zero-order chi connectivity index (χ0) is 15.6. The smallest absolute Gasteiger partial charge is 0.310 e. The Labute approximate surface area is 128 Å². The minimum atomic E-state index is -1.39. The first kappa shape index (κ1) is 15.6. The Balaban J connectivity index is 2.39. The lowest BCUT2D eigenvalue weighted by molar-refractivity contribution is -0.140. The maximum Gasteiger partial charge on any atom is 0.310 e. The van der Waals surface area contributed by atoms with Crippen LogP contribution in [0.5, 0.6) is 0 Å². The van der Waals surface area contributed by atoms with Crippen LogP contribution in [0.3, 0.4) is 0 Å². The standard InChI is InChI=1S/C16H18ClNO3/c1-2-13(15(19)20)10-3-8-14(18)16(21,9-10)11-4-6-12(17)7-5-11/h3-8,13,21H,2,9,18H2,1H3,(H,19,20). The monoisotopic (exact) mass is 307 g/mol. The molecule has 112 valence electrons. The molecule has 2 unspecified atom stereocenters. The summed E-state index contributed by atoms with van der Waals surface area (Å²) >= 11 is 5.86. The van der Waals surface area contributed by atoms with E-state index < -0.39 is 17.5 Å². The Morgan fingerprint density at radius 3 is 2.52 bits per heavy atom. The largest absolute Gasteiger partial charge is 0.481 e. The average molecular weight is 308 g/mol. The fraction of sp³-hybridized carbons (Fsp3) is 0.312. The van der Waals surface area contributed by atoms with Crippen LogP contribution in [-0.4, -0.2) is 16.2 Å². The molecule has 0 radical (unpaired) electrons. The van der Waals surface area contributed by atoms with E-state index in [0.29, 0.717) is 28.3 Å². The number of aliphatic hydroxyl groups is 1. The minimum absolute atomic E-state index is 0.168. The number of halogens is 1. The van der Waals surface area contributed by atoms with Gasteiger partial charge in [0.2, 0.25) is 0 Å². The minimum Gasteiger partial charge on any atom is -0.481 e. The molecule has 4 N–H and O–H groups in total. The highest BCUT2D eigenvalue weighted by molar-refractivity contribution is 6.30. The number of nitrogens with two attached hydrogens (primary N) is 1. The highest BCUT2D eigenvalue weighted by Crippen LogP contribution is 2.39. The van der Waals surface area contributed by atoms with Crippen LogP contribution in [0.25, 0.3) is 0 Å². The van der Waals surface area contributed by atoms with Crippen LogP contribution in [-0.2, 0) is 10.4 Å². The fourth-order valence-corrected chi connectivity index (χ4v) is 2.75. The molecule has 2 rings (SSSR count). The molecule has 0 aromatic heterocycles. The van der Waals surface area contributed by atoms with Gasteiger partial charge in [-0.1, -0.05) is 42.3 Å². The Kier molecular flexibility index (Phi) is 4.40. The van der Waals surface area contributed by atoms with E-state index in [0.717, 1.165) is 0 Å². The second-order valence-electron chi connectivity index (χ2n) is 5.21. The predicted octanol–water partition coefficient (Wildman–Crippen LogP) is 2.81. The van der Waals surface area contributed by atoms with Crippen LogP contribution in [0, 0.1) is 5.92 Å². The summed E-state index contributed by atoms with van der Waals surface area (Å²) in [5.74, 6) is -1.51. The van der Waals surface area contributed by atoms with Crippen molar-refractivity contribution in [2.24, 2.45) is 11.7 Å². The van der Waals surface area contributed by atoms with Crippen LogP contribution in [0.2, 0.25) is 5.02 Å². The molecule has 0 spiro atoms. The predicted molar refractivity (Wildman–Crippen MR) is 81.7 cm³/mol. The fourth-order valence-electron chi connectivity index (χ4n) is 2.62. The molecule has 0 amide bonds. The van der Waals surface area contributed by atoms with Gasteiger partial charge in [0.1, 0.15) is 5.60 Å². The number of carboxylic acids is 1. The molecule has 1 aromatic rings. The van der Waals surface area contributed by atoms with Gasteiger partial charge in [-0.2, -0.15) is 0 Å². The summed E-state index contributed by atoms with van der Waals surface area (Å²) in [7, 11) is 0. The number of carbonyl (C=O) groups is 1. The number of hydrogen-bond donors (Lipinski definition) is 3. The summed E-state index contributed by atoms with van der Waals surface area (Å²) in [6, 6.07) is 6.75. The van der Waals surface area contributed by atoms with Crippen molar-refractivity contribution >= 4 is 17.6 Å². The van der Waals surface area contributed by atoms with E-state index in [1.165, 1.54) is 0 Å². The molecule has 0 bridgehead atoms. The van der Waals surface area contributed by atoms with E-state index >= 15 is 0 Å². The molecule has 0 saturated carbocycles. The van der Waals surface area contributed by atoms with Crippen molar-refractivity contribution in [1.82, 2.24) is 0 Å². The second kappa shape index (κ2) is 5.92. The van der Waals surface area contributed by atoms with Crippen molar-refractivity contribution in [3.8, 4) is 0 Å². The number of allylic oxidation sites excluding steroid dienone is 2. The first-order chi connectivity index (χ1) is 9.88. The van der Waals surface area contributed by atoms with Gasteiger partial charge in [-0.3, -0.25) is 4.79 Å². The Morgan fingerprint density at radius 1 is 1.38 bits per heavy atom. The van der Waals surface area contributed by atoms with Gasteiger partial charge in [0.05, 0.1) is 5.92 Å². The molecule has 4 nitrogen and oxygen atoms in total. The Hall–Kier alpha value is -1.78. The lowest BCUT2D eigenvalue weighted by Gasteiger charge is -2.34. The summed E-state index contributed by atoms with van der Waals surface area (Å²) in [6.07, 6.45) is 3.91. The molecule has 1 aromatic carbocycles. The topological polar surface area (TPSA) is 83.5 Å². The zero-order valence-corrected chi connectivity index (χ0v) is 12.5. The van der Waals surface area contributed by atoms with Crippen molar-refractivity contribution in [3.63, 3.8) is 0 Å². The lowest BCUT2D eigenvalue weighted by atomic mass is 9.77. The molecular weight excluding hydrogens is 290 g/mol. The van der Waals surface area contributed by atoms with Gasteiger partial charge in [0.15, 0.2) is 0 Å². The third-order valence-electron chi connectivity index (χ3n) is 3.89. The molecule has 0 saturated heterocycles. The van der Waals surface area contributed by atoms with E-state index in [4.69, 9.17) is 17.3 Å². The van der Waals surface area contributed by atoms with Gasteiger partial charge in [-0.25, -0.2) is 0 Å². The summed E-state index contributed by atoms with van der Waals surface area (Å²) in [5, 5.41) is 20.8. The summed E-state index contributed by atoms with van der Waals surface area (Å²) in [4.78, 5) is 11.3. The first-order valence-corrected chi connectivity index (χ1v) is 7.14. The number of rotatable bonds is 4. The lowest BCUT2D eigenvalue weighted by Crippen LogP contribution is -2.36. The van der Waals surface area contributed by atoms with Crippen molar-refractivity contribution in [3.05, 3.63) is 58.3 Å². The summed E-state index contributed by atoms with van der Waals surface area (Å²) < 4.78 is 0. The van der Waals surface area contributed by atoms with Gasteiger partial charge in [0, 0.05) is 17.1 Å². The molecule has 0 aliphatic heterocycles. The molecule has 2 atom stereocenters. The Morgan fingerprint density at radius 2 is 2.00 bits per heavy atom. The van der Waals surface area contributed by atoms with Crippen LogP contribution in [0.15, 0.2) is 47.7 Å². The van der Waals surface area contributed by atoms with E-state index in [9.17, 15) is 15.0 Å². The quantitative estimate of drug-likeness (QED) is 0.798. The van der Waals surface area contributed by atoms with Crippen molar-refractivity contribution < 1.29 is 15.0 Å². The van der Waals surface area contributed by atoms with Crippen LogP contribution in [0.1, 0.15) is 25.3 Å². The molecule has 1 aliphatic rings. The SMILES string of the molecule is CCC(C(=O)O)C1=CC=C(N)C(O)(c2ccc(Cl)cc2)C1. The molecule has 0 heterocycles. The molecule has 5 heteroatoms. The summed E-state index contributed by atoms with van der Waals surface area (Å²) in [5.41, 5.74) is 6.12. The number of benzene rings is 1. The normalized spacial score (nSPS) is 23.2. The highest BCUT2D eigenvalue weighted by Gasteiger charge is 2.38. The van der Waals surface area contributed by atoms with E-state index in [2.05, 4.69) is 0 Å². The van der Waals surface area contributed by atoms with Crippen LogP contribution < -0.4 is 5.73 Å². The second-order valence-corrected chi connectivity index (χ2v) is 5.64. The number of aliphatic carboxylic acids is 1. The van der Waals surface area contributed by atoms with Crippen LogP contribution in [0.4, 0.5) is 0 Å². The van der Waals surface area contributed by atoms with Gasteiger partial charge in [-0.15, -0.1) is 0 Å². The van der Waals surface area contributed by atoms with Gasteiger partial charge < -0.3 is 15.9 Å². The van der Waals surface area contributed by atoms with Gasteiger partial charge in [-0.05, 0) is 30.2 Å². The van der Waals surface area contributed by atoms with Crippen molar-refractivity contribution in [2.75, 3.05) is 0 Å². The molecule has 21 heavy (non-hydrogen) atoms. The molecule has 1 aliphatic carbocycles. The maximum atomic E-state index is 11.3. The van der Waals surface area contributed by atoms with Gasteiger partial charge >= 0.3 is 5.97 Å². The van der Waals surface area contributed by atoms with E-state index in [-0.39, 0.29) is 6.42 Å². The van der Waals surface area contributed by atoms with Crippen molar-refractivity contribution in [1.29, 1.82) is 0 Å². The van der Waals surface area contributed by atoms with E-state index in [1.807, 2.05) is 6.92 Å². The third kappa shape index (κ3) is 2.96. The third-order valence-corrected chi connectivity index (χ3v) is 4.14. The van der Waals surface area contributed by atoms with E-state index in [1.54, 1.807) is 36.4 Å². The van der Waals surface area contributed by atoms with Crippen molar-refractivity contribution in [2.45, 2.75) is 25.4 Å². The van der Waals surface area contributed by atoms with Gasteiger partial charge in [0.25, 0.3) is 0 Å². The summed E-state index contributed by atoms with van der Waals surface area (Å²) in [6.45, 7) is 1.81. The number of carboxylic acid groups (broad SMARTS) is 1. The Bertz CT molecular complexity index is 606. The zero-order valence-electron chi connectivity index (χ0n) is 11.7. The number of hydrogen-bond acceptors (Lipinski definition) is 3.